The number of amides is 1. The molecular weight excluding hydrogens is 336 g/mol. The van der Waals surface area contributed by atoms with Gasteiger partial charge in [-0.15, -0.1) is 0 Å². The molecule has 1 aromatic carbocycles. The smallest absolute Gasteiger partial charge is 0.258 e. The maximum atomic E-state index is 13.2. The summed E-state index contributed by atoms with van der Waals surface area (Å²) in [7, 11) is 2.17. The van der Waals surface area contributed by atoms with Crippen LogP contribution in [0.15, 0.2) is 24.3 Å². The minimum atomic E-state index is 0.119. The Kier molecular flexibility index (Phi) is 5.45. The van der Waals surface area contributed by atoms with Gasteiger partial charge in [-0.05, 0) is 37.6 Å². The molecule has 1 fully saturated rings. The van der Waals surface area contributed by atoms with E-state index in [9.17, 15) is 4.79 Å². The second kappa shape index (κ2) is 7.58. The highest BCUT2D eigenvalue weighted by atomic mass is 35.5. The summed E-state index contributed by atoms with van der Waals surface area (Å²) in [6.07, 6.45) is 1.77. The van der Waals surface area contributed by atoms with Gasteiger partial charge in [0.1, 0.15) is 0 Å². The van der Waals surface area contributed by atoms with Gasteiger partial charge in [0.05, 0.1) is 55.9 Å². The van der Waals surface area contributed by atoms with Gasteiger partial charge in [-0.2, -0.15) is 5.10 Å². The molecule has 25 heavy (non-hydrogen) atoms. The Morgan fingerprint density at radius 2 is 1.88 bits per heavy atom. The fourth-order valence-electron chi connectivity index (χ4n) is 3.33. The number of rotatable bonds is 4. The molecule has 2 heterocycles. The van der Waals surface area contributed by atoms with Crippen molar-refractivity contribution in [3.8, 4) is 5.69 Å². The normalized spacial score (nSPS) is 15.6. The third-order valence-corrected chi connectivity index (χ3v) is 5.12. The molecule has 0 unspecified atom stereocenters. The van der Waals surface area contributed by atoms with Gasteiger partial charge in [-0.3, -0.25) is 4.79 Å². The van der Waals surface area contributed by atoms with Crippen LogP contribution in [0, 0.1) is 6.92 Å². The molecule has 6 heteroatoms. The number of hydrogen-bond acceptors (Lipinski definition) is 2. The fourth-order valence-corrected chi connectivity index (χ4v) is 3.46. The van der Waals surface area contributed by atoms with Crippen molar-refractivity contribution in [1.29, 1.82) is 0 Å². The summed E-state index contributed by atoms with van der Waals surface area (Å²) in [5.41, 5.74) is 3.51. The maximum Gasteiger partial charge on any atom is 0.258 e. The van der Waals surface area contributed by atoms with Gasteiger partial charge in [0, 0.05) is 5.02 Å². The van der Waals surface area contributed by atoms with Crippen LogP contribution in [0.1, 0.15) is 35.1 Å². The Bertz CT molecular complexity index is 746. The van der Waals surface area contributed by atoms with Crippen LogP contribution in [0.5, 0.6) is 0 Å². The van der Waals surface area contributed by atoms with E-state index >= 15 is 0 Å². The molecule has 0 aliphatic carbocycles. The van der Waals surface area contributed by atoms with E-state index < -0.39 is 0 Å². The number of hydrogen-bond donors (Lipinski definition) is 1. The van der Waals surface area contributed by atoms with Gasteiger partial charge in [0.2, 0.25) is 0 Å². The van der Waals surface area contributed by atoms with Crippen molar-refractivity contribution in [2.45, 2.75) is 26.7 Å². The van der Waals surface area contributed by atoms with Gasteiger partial charge in [-0.1, -0.05) is 24.9 Å². The number of aromatic nitrogens is 2. The Labute approximate surface area is 154 Å². The molecule has 0 atom stereocenters. The number of piperazine rings is 1. The monoisotopic (exact) mass is 361 g/mol. The van der Waals surface area contributed by atoms with Crippen molar-refractivity contribution in [3.63, 3.8) is 0 Å². The Hall–Kier alpha value is -1.85. The molecule has 3 rings (SSSR count). The van der Waals surface area contributed by atoms with Crippen LogP contribution in [0.25, 0.3) is 5.69 Å². The predicted octanol–water partition coefficient (Wildman–Crippen LogP) is 1.76. The molecule has 0 saturated carbocycles. The van der Waals surface area contributed by atoms with E-state index in [4.69, 9.17) is 16.7 Å². The number of nitrogens with zero attached hydrogens (tertiary/aromatic N) is 3. The van der Waals surface area contributed by atoms with Crippen LogP contribution < -0.4 is 4.90 Å². The third kappa shape index (κ3) is 3.72. The summed E-state index contributed by atoms with van der Waals surface area (Å²) < 4.78 is 1.87. The number of halogens is 1. The summed E-state index contributed by atoms with van der Waals surface area (Å²) in [5.74, 6) is 0.119. The molecule has 0 radical (unpaired) electrons. The Balaban J connectivity index is 1.97. The van der Waals surface area contributed by atoms with Crippen molar-refractivity contribution >= 4 is 17.5 Å². The maximum absolute atomic E-state index is 13.2. The summed E-state index contributed by atoms with van der Waals surface area (Å²) in [4.78, 5) is 16.6. The molecule has 0 spiro atoms. The number of likely N-dealkylation sites (N-methyl/N-ethyl adjacent to an activating group) is 1. The molecule has 1 aliphatic rings. The van der Waals surface area contributed by atoms with E-state index in [1.807, 2.05) is 40.8 Å². The zero-order valence-corrected chi connectivity index (χ0v) is 15.9. The zero-order chi connectivity index (χ0) is 18.0. The SMILES string of the molecule is CCCc1nn(-c2ccc(Cl)cc2)c(C)c1C(=O)N1CC[NH+](C)CC1. The molecule has 0 bridgehead atoms. The lowest BCUT2D eigenvalue weighted by Crippen LogP contribution is -3.12. The first-order valence-electron chi connectivity index (χ1n) is 8.96. The topological polar surface area (TPSA) is 42.6 Å². The molecule has 1 aliphatic heterocycles. The lowest BCUT2D eigenvalue weighted by Gasteiger charge is -2.30. The van der Waals surface area contributed by atoms with Gasteiger partial charge < -0.3 is 9.80 Å². The van der Waals surface area contributed by atoms with Crippen molar-refractivity contribution < 1.29 is 9.69 Å². The van der Waals surface area contributed by atoms with Crippen LogP contribution >= 0.6 is 11.6 Å². The predicted molar refractivity (Wildman–Crippen MR) is 99.8 cm³/mol. The quantitative estimate of drug-likeness (QED) is 0.901. The first-order valence-corrected chi connectivity index (χ1v) is 9.34. The van der Waals surface area contributed by atoms with Crippen molar-refractivity contribution in [2.75, 3.05) is 33.2 Å². The molecule has 1 aromatic heterocycles. The number of carbonyl (C=O) groups excluding carboxylic acids is 1. The molecule has 2 aromatic rings. The number of benzene rings is 1. The highest BCUT2D eigenvalue weighted by Crippen LogP contribution is 2.22. The van der Waals surface area contributed by atoms with E-state index in [0.717, 1.165) is 61.7 Å². The number of aryl methyl sites for hydroxylation is 1. The average molecular weight is 362 g/mol. The summed E-state index contributed by atoms with van der Waals surface area (Å²) in [6.45, 7) is 7.71. The minimum absolute atomic E-state index is 0.119. The lowest BCUT2D eigenvalue weighted by molar-refractivity contribution is -0.883. The van der Waals surface area contributed by atoms with E-state index in [0.29, 0.717) is 5.02 Å². The molecular formula is C19H26ClN4O+. The minimum Gasteiger partial charge on any atom is -0.334 e. The van der Waals surface area contributed by atoms with E-state index in [1.54, 1.807) is 0 Å². The summed E-state index contributed by atoms with van der Waals surface area (Å²) >= 11 is 6.00. The van der Waals surface area contributed by atoms with Crippen LogP contribution in [0.2, 0.25) is 5.02 Å². The van der Waals surface area contributed by atoms with Crippen molar-refractivity contribution in [1.82, 2.24) is 14.7 Å². The number of nitrogens with one attached hydrogen (secondary N) is 1. The molecule has 5 nitrogen and oxygen atoms in total. The largest absolute Gasteiger partial charge is 0.334 e. The highest BCUT2D eigenvalue weighted by Gasteiger charge is 2.28. The van der Waals surface area contributed by atoms with Gasteiger partial charge >= 0.3 is 0 Å². The van der Waals surface area contributed by atoms with Crippen molar-refractivity contribution in [2.24, 2.45) is 0 Å². The van der Waals surface area contributed by atoms with Gasteiger partial charge in [-0.25, -0.2) is 4.68 Å². The lowest BCUT2D eigenvalue weighted by atomic mass is 10.1. The van der Waals surface area contributed by atoms with Crippen LogP contribution in [-0.2, 0) is 6.42 Å². The van der Waals surface area contributed by atoms with E-state index in [1.165, 1.54) is 4.90 Å². The first-order chi connectivity index (χ1) is 12.0. The van der Waals surface area contributed by atoms with Crippen molar-refractivity contribution in [3.05, 3.63) is 46.2 Å². The molecule has 1 amide bonds. The van der Waals surface area contributed by atoms with Gasteiger partial charge in [0.15, 0.2) is 0 Å². The molecule has 1 N–H and O–H groups in total. The fraction of sp³-hybridized carbons (Fsp3) is 0.474. The third-order valence-electron chi connectivity index (χ3n) is 4.86. The first kappa shape index (κ1) is 18.0. The molecule has 134 valence electrons. The van der Waals surface area contributed by atoms with E-state index in [-0.39, 0.29) is 5.91 Å². The summed E-state index contributed by atoms with van der Waals surface area (Å²) in [5, 5.41) is 5.44. The molecule has 1 saturated heterocycles. The highest BCUT2D eigenvalue weighted by molar-refractivity contribution is 6.30. The number of quaternary nitrogens is 1. The van der Waals surface area contributed by atoms with Gasteiger partial charge in [0.25, 0.3) is 5.91 Å². The second-order valence-electron chi connectivity index (χ2n) is 6.79. The van der Waals surface area contributed by atoms with Crippen LogP contribution in [-0.4, -0.2) is 53.8 Å². The average Bonchev–Trinajstić information content (AvgIpc) is 2.92. The Morgan fingerprint density at radius 1 is 1.24 bits per heavy atom. The van der Waals surface area contributed by atoms with Crippen LogP contribution in [0.4, 0.5) is 0 Å². The Morgan fingerprint density at radius 3 is 2.48 bits per heavy atom. The second-order valence-corrected chi connectivity index (χ2v) is 7.23. The zero-order valence-electron chi connectivity index (χ0n) is 15.2. The number of carbonyl (C=O) groups is 1. The standard InChI is InChI=1S/C19H25ClN4O/c1-4-5-17-18(19(25)23-12-10-22(3)11-13-23)14(2)24(21-17)16-8-6-15(20)7-9-16/h6-9H,4-5,10-13H2,1-3H3/p+1. The summed E-state index contributed by atoms with van der Waals surface area (Å²) in [6, 6.07) is 7.57. The van der Waals surface area contributed by atoms with Crippen LogP contribution in [0.3, 0.4) is 0 Å². The van der Waals surface area contributed by atoms with E-state index in [2.05, 4.69) is 14.0 Å².